The first-order valence-corrected chi connectivity index (χ1v) is 7.66. The number of nitrogens with one attached hydrogen (secondary N) is 1. The highest BCUT2D eigenvalue weighted by atomic mass is 32.2. The average Bonchev–Trinajstić information content (AvgIpc) is 2.28. The molecule has 0 amide bonds. The van der Waals surface area contributed by atoms with Crippen LogP contribution in [0.3, 0.4) is 0 Å². The van der Waals surface area contributed by atoms with E-state index in [-0.39, 0.29) is 11.4 Å². The zero-order chi connectivity index (χ0) is 13.5. The van der Waals surface area contributed by atoms with Crippen LogP contribution in [0.15, 0.2) is 12.4 Å². The molecular formula is C12H21N3O2S. The third-order valence-electron chi connectivity index (χ3n) is 2.42. The summed E-state index contributed by atoms with van der Waals surface area (Å²) in [4.78, 5) is 8.14. The normalized spacial score (nSPS) is 14.3. The van der Waals surface area contributed by atoms with Crippen molar-refractivity contribution in [3.05, 3.63) is 12.4 Å². The molecule has 1 aromatic heterocycles. The van der Waals surface area contributed by atoms with Gasteiger partial charge in [0.1, 0.15) is 12.1 Å². The minimum atomic E-state index is -0.778. The molecule has 0 aliphatic rings. The fourth-order valence-electron chi connectivity index (χ4n) is 1.31. The minimum absolute atomic E-state index is 0.0929. The number of aromatic nitrogens is 2. The quantitative estimate of drug-likeness (QED) is 0.819. The first-order chi connectivity index (χ1) is 8.49. The summed E-state index contributed by atoms with van der Waals surface area (Å²) in [5.74, 6) is 1.30. The maximum absolute atomic E-state index is 11.2. The van der Waals surface area contributed by atoms with Gasteiger partial charge < -0.3 is 10.1 Å². The molecule has 2 unspecified atom stereocenters. The van der Waals surface area contributed by atoms with Crippen LogP contribution >= 0.6 is 0 Å². The third-order valence-corrected chi connectivity index (χ3v) is 3.79. The van der Waals surface area contributed by atoms with E-state index in [1.807, 2.05) is 20.8 Å². The van der Waals surface area contributed by atoms with Gasteiger partial charge in [0, 0.05) is 34.9 Å². The van der Waals surface area contributed by atoms with E-state index in [1.165, 1.54) is 6.33 Å². The van der Waals surface area contributed by atoms with Crippen LogP contribution < -0.4 is 10.1 Å². The van der Waals surface area contributed by atoms with Crippen molar-refractivity contribution in [2.45, 2.75) is 38.5 Å². The lowest BCUT2D eigenvalue weighted by Gasteiger charge is -2.11. The van der Waals surface area contributed by atoms with Crippen LogP contribution in [0.5, 0.6) is 5.88 Å². The van der Waals surface area contributed by atoms with Gasteiger partial charge in [-0.2, -0.15) is 0 Å². The van der Waals surface area contributed by atoms with Crippen molar-refractivity contribution >= 4 is 16.6 Å². The Kier molecular flexibility index (Phi) is 6.04. The molecule has 6 heteroatoms. The molecule has 0 saturated carbocycles. The summed E-state index contributed by atoms with van der Waals surface area (Å²) < 4.78 is 16.7. The number of nitrogens with zero attached hydrogens (tertiary/aromatic N) is 2. The van der Waals surface area contributed by atoms with Gasteiger partial charge in [-0.25, -0.2) is 9.97 Å². The maximum Gasteiger partial charge on any atom is 0.218 e. The molecule has 1 N–H and O–H groups in total. The Hall–Kier alpha value is -1.17. The van der Waals surface area contributed by atoms with Crippen LogP contribution in [0.4, 0.5) is 5.82 Å². The van der Waals surface area contributed by atoms with E-state index in [9.17, 15) is 4.21 Å². The minimum Gasteiger partial charge on any atom is -0.475 e. The lowest BCUT2D eigenvalue weighted by molar-refractivity contribution is 0.232. The van der Waals surface area contributed by atoms with Gasteiger partial charge in [-0.3, -0.25) is 4.21 Å². The Morgan fingerprint density at radius 3 is 2.72 bits per heavy atom. The second-order valence-electron chi connectivity index (χ2n) is 4.43. The van der Waals surface area contributed by atoms with Gasteiger partial charge in [0.25, 0.3) is 0 Å². The second kappa shape index (κ2) is 7.31. The van der Waals surface area contributed by atoms with Gasteiger partial charge in [0.2, 0.25) is 5.88 Å². The molecule has 0 radical (unpaired) electrons. The molecule has 0 bridgehead atoms. The van der Waals surface area contributed by atoms with Crippen molar-refractivity contribution in [1.29, 1.82) is 0 Å². The fraction of sp³-hybridized carbons (Fsp3) is 0.667. The highest BCUT2D eigenvalue weighted by molar-refractivity contribution is 7.84. The van der Waals surface area contributed by atoms with E-state index in [4.69, 9.17) is 4.74 Å². The van der Waals surface area contributed by atoms with Crippen LogP contribution in [0.1, 0.15) is 27.2 Å². The highest BCUT2D eigenvalue weighted by Crippen LogP contribution is 2.12. The smallest absolute Gasteiger partial charge is 0.218 e. The standard InChI is InChI=1S/C12H21N3O2S/c1-9(2)17-12-7-11(14-8-15-12)13-6-5-10(3)18(4)16/h7-10H,5-6H2,1-4H3,(H,13,14,15). The van der Waals surface area contributed by atoms with Gasteiger partial charge >= 0.3 is 0 Å². The van der Waals surface area contributed by atoms with Crippen molar-refractivity contribution in [3.63, 3.8) is 0 Å². The summed E-state index contributed by atoms with van der Waals surface area (Å²) in [5.41, 5.74) is 0. The lowest BCUT2D eigenvalue weighted by Crippen LogP contribution is -2.15. The molecule has 2 atom stereocenters. The van der Waals surface area contributed by atoms with E-state index >= 15 is 0 Å². The number of hydrogen-bond acceptors (Lipinski definition) is 5. The van der Waals surface area contributed by atoms with Crippen molar-refractivity contribution in [1.82, 2.24) is 9.97 Å². The summed E-state index contributed by atoms with van der Waals surface area (Å²) >= 11 is 0. The zero-order valence-corrected chi connectivity index (χ0v) is 12.2. The number of ether oxygens (including phenoxy) is 1. The topological polar surface area (TPSA) is 64.1 Å². The van der Waals surface area contributed by atoms with Gasteiger partial charge in [-0.15, -0.1) is 0 Å². The SMILES string of the molecule is CC(C)Oc1cc(NCCC(C)S(C)=O)ncn1. The average molecular weight is 271 g/mol. The number of anilines is 1. The Morgan fingerprint density at radius 2 is 2.11 bits per heavy atom. The summed E-state index contributed by atoms with van der Waals surface area (Å²) in [5, 5.41) is 3.36. The molecule has 1 rings (SSSR count). The molecule has 5 nitrogen and oxygen atoms in total. The predicted molar refractivity (Wildman–Crippen MR) is 74.4 cm³/mol. The fourth-order valence-corrected chi connectivity index (χ4v) is 1.76. The lowest BCUT2D eigenvalue weighted by atomic mass is 10.3. The maximum atomic E-state index is 11.2. The van der Waals surface area contributed by atoms with E-state index in [1.54, 1.807) is 12.3 Å². The molecule has 1 aromatic rings. The monoisotopic (exact) mass is 271 g/mol. The Bertz CT molecular complexity index is 399. The molecule has 1 heterocycles. The first-order valence-electron chi connectivity index (χ1n) is 6.04. The molecule has 0 aliphatic heterocycles. The van der Waals surface area contributed by atoms with Gasteiger partial charge in [0.05, 0.1) is 6.10 Å². The zero-order valence-electron chi connectivity index (χ0n) is 11.3. The number of rotatable bonds is 7. The second-order valence-corrected chi connectivity index (χ2v) is 6.23. The summed E-state index contributed by atoms with van der Waals surface area (Å²) in [6.07, 6.45) is 4.13. The van der Waals surface area contributed by atoms with Crippen LogP contribution in [-0.2, 0) is 10.8 Å². The van der Waals surface area contributed by atoms with Crippen molar-refractivity contribution in [2.24, 2.45) is 0 Å². The first kappa shape index (κ1) is 14.9. The molecule has 102 valence electrons. The summed E-state index contributed by atoms with van der Waals surface area (Å²) in [7, 11) is -0.778. The Balaban J connectivity index is 2.45. The van der Waals surface area contributed by atoms with E-state index in [0.29, 0.717) is 5.88 Å². The van der Waals surface area contributed by atoms with Crippen molar-refractivity contribution < 1.29 is 8.95 Å². The molecule has 0 spiro atoms. The molecule has 0 aliphatic carbocycles. The Morgan fingerprint density at radius 1 is 1.39 bits per heavy atom. The Labute approximate surface area is 111 Å². The predicted octanol–water partition coefficient (Wildman–Crippen LogP) is 1.83. The molecule has 0 aromatic carbocycles. The van der Waals surface area contributed by atoms with Crippen LogP contribution in [0.2, 0.25) is 0 Å². The van der Waals surface area contributed by atoms with Crippen LogP contribution in [-0.4, -0.2) is 38.3 Å². The van der Waals surface area contributed by atoms with E-state index in [0.717, 1.165) is 18.8 Å². The van der Waals surface area contributed by atoms with Crippen LogP contribution in [0, 0.1) is 0 Å². The van der Waals surface area contributed by atoms with Crippen molar-refractivity contribution in [3.8, 4) is 5.88 Å². The van der Waals surface area contributed by atoms with Crippen LogP contribution in [0.25, 0.3) is 0 Å². The van der Waals surface area contributed by atoms with E-state index in [2.05, 4.69) is 15.3 Å². The molecular weight excluding hydrogens is 250 g/mol. The highest BCUT2D eigenvalue weighted by Gasteiger charge is 2.06. The summed E-state index contributed by atoms with van der Waals surface area (Å²) in [6, 6.07) is 1.77. The van der Waals surface area contributed by atoms with Crippen molar-refractivity contribution in [2.75, 3.05) is 18.1 Å². The molecule has 18 heavy (non-hydrogen) atoms. The van der Waals surface area contributed by atoms with E-state index < -0.39 is 10.8 Å². The van der Waals surface area contributed by atoms with Gasteiger partial charge in [-0.05, 0) is 20.3 Å². The number of hydrogen-bond donors (Lipinski definition) is 1. The van der Waals surface area contributed by atoms with Gasteiger partial charge in [-0.1, -0.05) is 6.92 Å². The molecule has 0 fully saturated rings. The summed E-state index contributed by atoms with van der Waals surface area (Å²) in [6.45, 7) is 6.62. The third kappa shape index (κ3) is 5.44. The molecule has 0 saturated heterocycles. The largest absolute Gasteiger partial charge is 0.475 e. The van der Waals surface area contributed by atoms with Gasteiger partial charge in [0.15, 0.2) is 0 Å².